The number of anilines is 3. The van der Waals surface area contributed by atoms with Gasteiger partial charge in [-0.05, 0) is 110 Å². The van der Waals surface area contributed by atoms with Gasteiger partial charge in [0.05, 0.1) is 5.69 Å². The Bertz CT molecular complexity index is 2920. The van der Waals surface area contributed by atoms with E-state index in [1.54, 1.807) is 0 Å². The molecule has 2 heteroatoms. The van der Waals surface area contributed by atoms with Gasteiger partial charge in [0.2, 0.25) is 0 Å². The summed E-state index contributed by atoms with van der Waals surface area (Å²) >= 11 is 1.86. The van der Waals surface area contributed by atoms with E-state index in [1.807, 2.05) is 11.3 Å². The van der Waals surface area contributed by atoms with Crippen LogP contribution in [0.2, 0.25) is 0 Å². The van der Waals surface area contributed by atoms with Crippen molar-refractivity contribution in [3.63, 3.8) is 0 Å². The molecule has 10 aromatic rings. The molecule has 0 saturated heterocycles. The molecule has 54 heavy (non-hydrogen) atoms. The molecule has 0 atom stereocenters. The fourth-order valence-corrected chi connectivity index (χ4v) is 8.95. The van der Waals surface area contributed by atoms with Crippen molar-refractivity contribution >= 4 is 59.3 Å². The number of thiophene rings is 1. The molecule has 0 bridgehead atoms. The average molecular weight is 706 g/mol. The van der Waals surface area contributed by atoms with Crippen molar-refractivity contribution in [2.75, 3.05) is 4.90 Å². The second-order valence-electron chi connectivity index (χ2n) is 13.7. The van der Waals surface area contributed by atoms with Crippen molar-refractivity contribution in [1.82, 2.24) is 0 Å². The van der Waals surface area contributed by atoms with Crippen LogP contribution in [0.5, 0.6) is 0 Å². The van der Waals surface area contributed by atoms with Gasteiger partial charge in [-0.2, -0.15) is 0 Å². The van der Waals surface area contributed by atoms with Gasteiger partial charge in [0.15, 0.2) is 0 Å². The highest BCUT2D eigenvalue weighted by Crippen LogP contribution is 2.45. The molecule has 0 fully saturated rings. The highest BCUT2D eigenvalue weighted by atomic mass is 32.1. The van der Waals surface area contributed by atoms with Crippen molar-refractivity contribution in [2.24, 2.45) is 0 Å². The molecule has 254 valence electrons. The monoisotopic (exact) mass is 705 g/mol. The summed E-state index contributed by atoms with van der Waals surface area (Å²) in [5.41, 5.74) is 13.1. The molecule has 0 radical (unpaired) electrons. The van der Waals surface area contributed by atoms with E-state index in [-0.39, 0.29) is 0 Å². The van der Waals surface area contributed by atoms with Gasteiger partial charge in [-0.25, -0.2) is 0 Å². The van der Waals surface area contributed by atoms with Gasteiger partial charge in [0.1, 0.15) is 0 Å². The predicted molar refractivity (Wildman–Crippen MR) is 233 cm³/mol. The van der Waals surface area contributed by atoms with Gasteiger partial charge < -0.3 is 4.90 Å². The summed E-state index contributed by atoms with van der Waals surface area (Å²) in [5.74, 6) is 0. The Labute approximate surface area is 319 Å². The van der Waals surface area contributed by atoms with Crippen molar-refractivity contribution in [2.45, 2.75) is 0 Å². The van der Waals surface area contributed by atoms with Crippen LogP contribution >= 0.6 is 11.3 Å². The Morgan fingerprint density at radius 2 is 0.796 bits per heavy atom. The minimum Gasteiger partial charge on any atom is -0.310 e. The number of rotatable bonds is 7. The van der Waals surface area contributed by atoms with E-state index >= 15 is 0 Å². The Hall–Kier alpha value is -6.74. The smallest absolute Gasteiger partial charge is 0.0554 e. The van der Waals surface area contributed by atoms with Crippen LogP contribution in [0.25, 0.3) is 75.5 Å². The van der Waals surface area contributed by atoms with Crippen molar-refractivity contribution in [3.05, 3.63) is 212 Å². The van der Waals surface area contributed by atoms with Crippen LogP contribution < -0.4 is 4.90 Å². The van der Waals surface area contributed by atoms with E-state index in [2.05, 4.69) is 217 Å². The highest BCUT2D eigenvalue weighted by molar-refractivity contribution is 7.26. The number of hydrogen-bond donors (Lipinski definition) is 0. The fraction of sp³-hybridized carbons (Fsp3) is 0. The zero-order chi connectivity index (χ0) is 35.8. The molecule has 1 nitrogen and oxygen atoms in total. The second kappa shape index (κ2) is 13.7. The zero-order valence-electron chi connectivity index (χ0n) is 29.6. The standard InChI is InChI=1S/C52H35NS/c1-2-12-36(13-3-1)40-16-8-17-41(34-40)37-26-30-44(31-27-37)53(49-23-11-25-51-52(49)48-21-6-7-24-50(48)54-51)45-32-28-38(29-33-45)42-18-9-19-43(35-42)47-22-10-15-39-14-4-5-20-46(39)47/h1-35H. The summed E-state index contributed by atoms with van der Waals surface area (Å²) in [7, 11) is 0. The third-order valence-electron chi connectivity index (χ3n) is 10.5. The summed E-state index contributed by atoms with van der Waals surface area (Å²) in [5, 5.41) is 5.10. The molecule has 1 aromatic heterocycles. The molecule has 0 N–H and O–H groups in total. The van der Waals surface area contributed by atoms with Gasteiger partial charge in [-0.3, -0.25) is 0 Å². The summed E-state index contributed by atoms with van der Waals surface area (Å²) in [6.07, 6.45) is 0. The van der Waals surface area contributed by atoms with Crippen molar-refractivity contribution in [3.8, 4) is 44.5 Å². The number of hydrogen-bond acceptors (Lipinski definition) is 2. The Balaban J connectivity index is 1.06. The van der Waals surface area contributed by atoms with Gasteiger partial charge in [0.25, 0.3) is 0 Å². The maximum Gasteiger partial charge on any atom is 0.0554 e. The SMILES string of the molecule is c1ccc(-c2cccc(-c3ccc(N(c4ccc(-c5cccc(-c6cccc7ccccc67)c5)cc4)c4cccc5sc6ccccc6c45)cc3)c2)cc1. The van der Waals surface area contributed by atoms with Crippen LogP contribution in [0.1, 0.15) is 0 Å². The first-order valence-electron chi connectivity index (χ1n) is 18.4. The zero-order valence-corrected chi connectivity index (χ0v) is 30.4. The summed E-state index contributed by atoms with van der Waals surface area (Å²) in [4.78, 5) is 2.42. The third kappa shape index (κ3) is 5.84. The lowest BCUT2D eigenvalue weighted by Crippen LogP contribution is -2.10. The molecule has 10 rings (SSSR count). The van der Waals surface area contributed by atoms with E-state index in [4.69, 9.17) is 0 Å². The lowest BCUT2D eigenvalue weighted by atomic mass is 9.95. The van der Waals surface area contributed by atoms with Gasteiger partial charge >= 0.3 is 0 Å². The van der Waals surface area contributed by atoms with Crippen LogP contribution in [0.3, 0.4) is 0 Å². The summed E-state index contributed by atoms with van der Waals surface area (Å²) < 4.78 is 2.59. The number of benzene rings is 9. The molecule has 1 heterocycles. The lowest BCUT2D eigenvalue weighted by Gasteiger charge is -2.27. The Morgan fingerprint density at radius 1 is 0.315 bits per heavy atom. The first-order chi connectivity index (χ1) is 26.8. The van der Waals surface area contributed by atoms with E-state index in [9.17, 15) is 0 Å². The average Bonchev–Trinajstić information content (AvgIpc) is 3.64. The minimum atomic E-state index is 1.12. The maximum atomic E-state index is 2.42. The molecule has 0 amide bonds. The van der Waals surface area contributed by atoms with Crippen molar-refractivity contribution < 1.29 is 0 Å². The molecule has 0 unspecified atom stereocenters. The minimum absolute atomic E-state index is 1.12. The number of nitrogens with zero attached hydrogens (tertiary/aromatic N) is 1. The normalized spacial score (nSPS) is 11.3. The summed E-state index contributed by atoms with van der Waals surface area (Å²) in [6.45, 7) is 0. The maximum absolute atomic E-state index is 2.42. The van der Waals surface area contributed by atoms with Crippen LogP contribution in [0.15, 0.2) is 212 Å². The van der Waals surface area contributed by atoms with Gasteiger partial charge in [-0.15, -0.1) is 11.3 Å². The van der Waals surface area contributed by atoms with Crippen LogP contribution in [-0.2, 0) is 0 Å². The molecule has 0 aliphatic carbocycles. The molecule has 9 aromatic carbocycles. The lowest BCUT2D eigenvalue weighted by molar-refractivity contribution is 1.30. The Morgan fingerprint density at radius 3 is 1.50 bits per heavy atom. The van der Waals surface area contributed by atoms with E-state index in [1.165, 1.54) is 81.1 Å². The van der Waals surface area contributed by atoms with Gasteiger partial charge in [0, 0.05) is 31.5 Å². The van der Waals surface area contributed by atoms with Crippen LogP contribution in [0, 0.1) is 0 Å². The predicted octanol–water partition coefficient (Wildman–Crippen LogP) is 15.3. The summed E-state index contributed by atoms with van der Waals surface area (Å²) in [6, 6.07) is 77.1. The van der Waals surface area contributed by atoms with E-state index < -0.39 is 0 Å². The van der Waals surface area contributed by atoms with Gasteiger partial charge in [-0.1, -0.05) is 158 Å². The largest absolute Gasteiger partial charge is 0.310 e. The molecular formula is C52H35NS. The van der Waals surface area contributed by atoms with Crippen LogP contribution in [-0.4, -0.2) is 0 Å². The highest BCUT2D eigenvalue weighted by Gasteiger charge is 2.19. The third-order valence-corrected chi connectivity index (χ3v) is 11.6. The Kier molecular flexibility index (Phi) is 8.09. The quantitative estimate of drug-likeness (QED) is 0.160. The second-order valence-corrected chi connectivity index (χ2v) is 14.8. The first kappa shape index (κ1) is 32.0. The number of fused-ring (bicyclic) bond motifs is 4. The van der Waals surface area contributed by atoms with Crippen molar-refractivity contribution in [1.29, 1.82) is 0 Å². The topological polar surface area (TPSA) is 3.24 Å². The fourth-order valence-electron chi connectivity index (χ4n) is 7.83. The van der Waals surface area contributed by atoms with E-state index in [0.717, 1.165) is 11.4 Å². The molecule has 0 saturated carbocycles. The molecular weight excluding hydrogens is 671 g/mol. The molecule has 0 aliphatic heterocycles. The molecule has 0 aliphatic rings. The first-order valence-corrected chi connectivity index (χ1v) is 19.2. The van der Waals surface area contributed by atoms with Crippen LogP contribution in [0.4, 0.5) is 17.1 Å². The van der Waals surface area contributed by atoms with E-state index in [0.29, 0.717) is 0 Å². The molecule has 0 spiro atoms.